The maximum Gasteiger partial charge on any atom is 0.190 e. The molecule has 0 atom stereocenters. The Labute approximate surface area is 120 Å². The van der Waals surface area contributed by atoms with Gasteiger partial charge in [-0.05, 0) is 30.7 Å². The Bertz CT molecular complexity index is 555. The van der Waals surface area contributed by atoms with Crippen LogP contribution in [-0.2, 0) is 5.75 Å². The van der Waals surface area contributed by atoms with Gasteiger partial charge in [0.15, 0.2) is 5.16 Å². The molecule has 2 aromatic rings. The lowest BCUT2D eigenvalue weighted by atomic mass is 10.2. The minimum Gasteiger partial charge on any atom is -0.384 e. The normalized spacial score (nSPS) is 10.6. The zero-order valence-corrected chi connectivity index (χ0v) is 12.0. The van der Waals surface area contributed by atoms with Crippen molar-refractivity contribution in [2.24, 2.45) is 0 Å². The Kier molecular flexibility index (Phi) is 4.32. The van der Waals surface area contributed by atoms with Crippen LogP contribution >= 0.6 is 35.0 Å². The standard InChI is InChI=1S/C12H11Cl2N3S/c1-7-4-11(15)17-12(16-7)18-6-8-5-9(13)2-3-10(8)14/h2-5H,6H2,1H3,(H2,15,16,17). The molecule has 0 amide bonds. The lowest BCUT2D eigenvalue weighted by Gasteiger charge is -2.05. The summed E-state index contributed by atoms with van der Waals surface area (Å²) in [4.78, 5) is 8.45. The van der Waals surface area contributed by atoms with Crippen LogP contribution in [0.5, 0.6) is 0 Å². The molecule has 2 N–H and O–H groups in total. The van der Waals surface area contributed by atoms with Crippen molar-refractivity contribution < 1.29 is 0 Å². The quantitative estimate of drug-likeness (QED) is 0.688. The summed E-state index contributed by atoms with van der Waals surface area (Å²) in [6, 6.07) is 7.12. The summed E-state index contributed by atoms with van der Waals surface area (Å²) < 4.78 is 0. The van der Waals surface area contributed by atoms with Gasteiger partial charge in [0.05, 0.1) is 0 Å². The smallest absolute Gasteiger partial charge is 0.190 e. The molecule has 0 saturated heterocycles. The fraction of sp³-hybridized carbons (Fsp3) is 0.167. The lowest BCUT2D eigenvalue weighted by Crippen LogP contribution is -1.96. The molecule has 0 radical (unpaired) electrons. The fourth-order valence-electron chi connectivity index (χ4n) is 1.43. The molecule has 94 valence electrons. The molecule has 0 unspecified atom stereocenters. The Morgan fingerprint density at radius 2 is 2.00 bits per heavy atom. The van der Waals surface area contributed by atoms with Gasteiger partial charge in [-0.2, -0.15) is 0 Å². The molecule has 0 aliphatic rings. The number of nitrogen functional groups attached to an aromatic ring is 1. The van der Waals surface area contributed by atoms with E-state index in [0.717, 1.165) is 11.3 Å². The van der Waals surface area contributed by atoms with Gasteiger partial charge in [-0.3, -0.25) is 0 Å². The first-order valence-electron chi connectivity index (χ1n) is 5.22. The monoisotopic (exact) mass is 299 g/mol. The number of benzene rings is 1. The molecule has 0 spiro atoms. The first-order chi connectivity index (χ1) is 8.54. The van der Waals surface area contributed by atoms with Crippen LogP contribution in [0.25, 0.3) is 0 Å². The first-order valence-corrected chi connectivity index (χ1v) is 6.96. The minimum absolute atomic E-state index is 0.474. The van der Waals surface area contributed by atoms with Crippen molar-refractivity contribution in [3.05, 3.63) is 45.6 Å². The van der Waals surface area contributed by atoms with Crippen LogP contribution in [0.3, 0.4) is 0 Å². The van der Waals surface area contributed by atoms with E-state index in [9.17, 15) is 0 Å². The van der Waals surface area contributed by atoms with E-state index in [4.69, 9.17) is 28.9 Å². The van der Waals surface area contributed by atoms with Crippen LogP contribution in [0.4, 0.5) is 5.82 Å². The van der Waals surface area contributed by atoms with Crippen molar-refractivity contribution in [1.82, 2.24) is 9.97 Å². The number of anilines is 1. The highest BCUT2D eigenvalue weighted by Crippen LogP contribution is 2.27. The maximum absolute atomic E-state index is 6.09. The second-order valence-electron chi connectivity index (χ2n) is 3.74. The highest BCUT2D eigenvalue weighted by atomic mass is 35.5. The van der Waals surface area contributed by atoms with Crippen molar-refractivity contribution in [3.63, 3.8) is 0 Å². The van der Waals surface area contributed by atoms with Crippen molar-refractivity contribution in [1.29, 1.82) is 0 Å². The van der Waals surface area contributed by atoms with Crippen molar-refractivity contribution in [2.75, 3.05) is 5.73 Å². The van der Waals surface area contributed by atoms with Gasteiger partial charge in [-0.15, -0.1) is 0 Å². The number of rotatable bonds is 3. The van der Waals surface area contributed by atoms with Gasteiger partial charge in [-0.25, -0.2) is 9.97 Å². The van der Waals surface area contributed by atoms with E-state index in [-0.39, 0.29) is 0 Å². The van der Waals surface area contributed by atoms with E-state index in [1.54, 1.807) is 18.2 Å². The fourth-order valence-corrected chi connectivity index (χ4v) is 2.79. The van der Waals surface area contributed by atoms with Crippen LogP contribution < -0.4 is 5.73 Å². The third-order valence-electron chi connectivity index (χ3n) is 2.22. The van der Waals surface area contributed by atoms with Crippen LogP contribution in [0, 0.1) is 6.92 Å². The molecule has 0 bridgehead atoms. The zero-order valence-electron chi connectivity index (χ0n) is 9.65. The molecule has 6 heteroatoms. The molecule has 1 heterocycles. The van der Waals surface area contributed by atoms with Crippen LogP contribution in [0.2, 0.25) is 10.0 Å². The number of aryl methyl sites for hydroxylation is 1. The topological polar surface area (TPSA) is 51.8 Å². The number of aromatic nitrogens is 2. The first kappa shape index (κ1) is 13.5. The van der Waals surface area contributed by atoms with Gasteiger partial charge in [0.25, 0.3) is 0 Å². The Hall–Kier alpha value is -0.970. The maximum atomic E-state index is 6.09. The summed E-state index contributed by atoms with van der Waals surface area (Å²) in [5, 5.41) is 2.00. The summed E-state index contributed by atoms with van der Waals surface area (Å²) in [6.07, 6.45) is 0. The molecule has 0 fully saturated rings. The van der Waals surface area contributed by atoms with Crippen LogP contribution in [-0.4, -0.2) is 9.97 Å². The molecular weight excluding hydrogens is 289 g/mol. The molecule has 0 aliphatic heterocycles. The Morgan fingerprint density at radius 3 is 2.72 bits per heavy atom. The number of halogens is 2. The number of hydrogen-bond donors (Lipinski definition) is 1. The van der Waals surface area contributed by atoms with Crippen LogP contribution in [0.1, 0.15) is 11.3 Å². The van der Waals surface area contributed by atoms with E-state index in [1.165, 1.54) is 11.8 Å². The average molecular weight is 300 g/mol. The van der Waals surface area contributed by atoms with Crippen LogP contribution in [0.15, 0.2) is 29.4 Å². The number of hydrogen-bond acceptors (Lipinski definition) is 4. The molecular formula is C12H11Cl2N3S. The lowest BCUT2D eigenvalue weighted by molar-refractivity contribution is 0.940. The van der Waals surface area contributed by atoms with E-state index < -0.39 is 0 Å². The summed E-state index contributed by atoms with van der Waals surface area (Å²) in [6.45, 7) is 1.88. The highest BCUT2D eigenvalue weighted by Gasteiger charge is 2.05. The molecule has 2 rings (SSSR count). The predicted octanol–water partition coefficient (Wildman–Crippen LogP) is 3.97. The van der Waals surface area contributed by atoms with E-state index in [1.807, 2.05) is 13.0 Å². The van der Waals surface area contributed by atoms with Crippen molar-refractivity contribution >= 4 is 40.8 Å². The van der Waals surface area contributed by atoms with Gasteiger partial charge in [-0.1, -0.05) is 35.0 Å². The SMILES string of the molecule is Cc1cc(N)nc(SCc2cc(Cl)ccc2Cl)n1. The summed E-state index contributed by atoms with van der Waals surface area (Å²) in [7, 11) is 0. The number of thioether (sulfide) groups is 1. The van der Waals surface area contributed by atoms with Gasteiger partial charge < -0.3 is 5.73 Å². The summed E-state index contributed by atoms with van der Waals surface area (Å²) in [5.41, 5.74) is 7.48. The van der Waals surface area contributed by atoms with E-state index in [0.29, 0.717) is 26.8 Å². The molecule has 0 aliphatic carbocycles. The number of nitrogens with zero attached hydrogens (tertiary/aromatic N) is 2. The van der Waals surface area contributed by atoms with Gasteiger partial charge in [0, 0.05) is 27.6 Å². The van der Waals surface area contributed by atoms with Gasteiger partial charge >= 0.3 is 0 Å². The zero-order chi connectivity index (χ0) is 13.1. The molecule has 1 aromatic carbocycles. The van der Waals surface area contributed by atoms with Gasteiger partial charge in [0.1, 0.15) is 5.82 Å². The number of nitrogens with two attached hydrogens (primary N) is 1. The molecule has 3 nitrogen and oxygen atoms in total. The predicted molar refractivity (Wildman–Crippen MR) is 77.2 cm³/mol. The van der Waals surface area contributed by atoms with Gasteiger partial charge in [0.2, 0.25) is 0 Å². The largest absolute Gasteiger partial charge is 0.384 e. The second kappa shape index (κ2) is 5.78. The molecule has 1 aromatic heterocycles. The molecule has 0 saturated carbocycles. The Morgan fingerprint density at radius 1 is 1.22 bits per heavy atom. The van der Waals surface area contributed by atoms with E-state index >= 15 is 0 Å². The minimum atomic E-state index is 0.474. The molecule has 18 heavy (non-hydrogen) atoms. The second-order valence-corrected chi connectivity index (χ2v) is 5.53. The Balaban J connectivity index is 2.13. The van der Waals surface area contributed by atoms with Crippen molar-refractivity contribution in [2.45, 2.75) is 17.8 Å². The third kappa shape index (κ3) is 3.51. The van der Waals surface area contributed by atoms with E-state index in [2.05, 4.69) is 9.97 Å². The third-order valence-corrected chi connectivity index (χ3v) is 3.72. The summed E-state index contributed by atoms with van der Waals surface area (Å²) in [5.74, 6) is 1.13. The highest BCUT2D eigenvalue weighted by molar-refractivity contribution is 7.98. The van der Waals surface area contributed by atoms with Crippen molar-refractivity contribution in [3.8, 4) is 0 Å². The average Bonchev–Trinajstić information content (AvgIpc) is 2.29. The summed E-state index contributed by atoms with van der Waals surface area (Å²) >= 11 is 13.5.